The number of thiophene rings is 1. The maximum atomic E-state index is 12.9. The van der Waals surface area contributed by atoms with Crippen molar-refractivity contribution in [2.75, 3.05) is 4.72 Å². The molecule has 10 heteroatoms. The van der Waals surface area contributed by atoms with Crippen LogP contribution < -0.4 is 4.72 Å². The number of rotatable bonds is 6. The van der Waals surface area contributed by atoms with Crippen molar-refractivity contribution in [3.63, 3.8) is 0 Å². The predicted molar refractivity (Wildman–Crippen MR) is 114 cm³/mol. The summed E-state index contributed by atoms with van der Waals surface area (Å²) < 4.78 is 67.4. The molecule has 2 heterocycles. The Hall–Kier alpha value is -3.11. The predicted octanol–water partition coefficient (Wildman–Crippen LogP) is 5.51. The van der Waals surface area contributed by atoms with Crippen LogP contribution in [0.3, 0.4) is 0 Å². The summed E-state index contributed by atoms with van der Waals surface area (Å²) in [6, 6.07) is 19.0. The summed E-state index contributed by atoms with van der Waals surface area (Å²) in [5.41, 5.74) is 1.24. The molecule has 31 heavy (non-hydrogen) atoms. The number of aromatic nitrogens is 2. The highest BCUT2D eigenvalue weighted by Gasteiger charge is 2.28. The number of hydrogen-bond acceptors (Lipinski definition) is 4. The van der Waals surface area contributed by atoms with Crippen molar-refractivity contribution in [1.82, 2.24) is 9.78 Å². The molecule has 0 spiro atoms. The van der Waals surface area contributed by atoms with Gasteiger partial charge in [-0.15, -0.1) is 11.3 Å². The minimum Gasteiger partial charge on any atom is -0.263 e. The first-order valence-electron chi connectivity index (χ1n) is 9.09. The minimum absolute atomic E-state index is 0.0132. The van der Waals surface area contributed by atoms with Crippen molar-refractivity contribution in [1.29, 1.82) is 0 Å². The number of hydrogen-bond donors (Lipinski definition) is 1. The third kappa shape index (κ3) is 4.97. The molecule has 0 aliphatic carbocycles. The molecule has 5 nitrogen and oxygen atoms in total. The number of nitrogens with one attached hydrogen (secondary N) is 1. The average molecular weight is 464 g/mol. The van der Waals surface area contributed by atoms with E-state index in [2.05, 4.69) is 9.82 Å². The van der Waals surface area contributed by atoms with Gasteiger partial charge in [-0.2, -0.15) is 18.3 Å². The highest BCUT2D eigenvalue weighted by atomic mass is 32.2. The zero-order valence-electron chi connectivity index (χ0n) is 15.9. The zero-order valence-corrected chi connectivity index (χ0v) is 17.5. The second kappa shape index (κ2) is 8.20. The first-order chi connectivity index (χ1) is 14.7. The molecule has 0 unspecified atom stereocenters. The molecule has 4 rings (SSSR count). The summed E-state index contributed by atoms with van der Waals surface area (Å²) in [5.74, 6) is 0.217. The standard InChI is InChI=1S/C21H16F3N3O2S2/c22-21(23,24)14-15-8-10-17(11-9-15)31(28,29)26-20-13-18(19-7-4-12-30-19)25-27(20)16-5-2-1-3-6-16/h1-13,26H,14H2. The number of benzene rings is 2. The van der Waals surface area contributed by atoms with Gasteiger partial charge in [0.05, 0.1) is 21.9 Å². The fraction of sp³-hybridized carbons (Fsp3) is 0.0952. The summed E-state index contributed by atoms with van der Waals surface area (Å²) in [5, 5.41) is 6.42. The van der Waals surface area contributed by atoms with Crippen LogP contribution in [0.25, 0.3) is 16.3 Å². The molecule has 0 atom stereocenters. The van der Waals surface area contributed by atoms with Gasteiger partial charge in [0.2, 0.25) is 0 Å². The molecule has 2 aromatic carbocycles. The molecule has 160 valence electrons. The van der Waals surface area contributed by atoms with Crippen LogP contribution in [0, 0.1) is 0 Å². The smallest absolute Gasteiger partial charge is 0.263 e. The molecule has 0 saturated heterocycles. The summed E-state index contributed by atoms with van der Waals surface area (Å²) in [6.07, 6.45) is -5.48. The second-order valence-corrected chi connectivity index (χ2v) is 9.31. The highest BCUT2D eigenvalue weighted by molar-refractivity contribution is 7.92. The van der Waals surface area contributed by atoms with E-state index in [1.54, 1.807) is 30.3 Å². The average Bonchev–Trinajstić information content (AvgIpc) is 3.37. The molecule has 0 radical (unpaired) electrons. The number of halogens is 3. The van der Waals surface area contributed by atoms with Crippen molar-refractivity contribution in [2.24, 2.45) is 0 Å². The second-order valence-electron chi connectivity index (χ2n) is 6.68. The molecule has 0 aliphatic heterocycles. The summed E-state index contributed by atoms with van der Waals surface area (Å²) in [6.45, 7) is 0. The number of sulfonamides is 1. The van der Waals surface area contributed by atoms with Crippen molar-refractivity contribution in [3.05, 3.63) is 83.7 Å². The van der Waals surface area contributed by atoms with E-state index >= 15 is 0 Å². The third-order valence-electron chi connectivity index (χ3n) is 4.36. The Kier molecular flexibility index (Phi) is 5.59. The van der Waals surface area contributed by atoms with Gasteiger partial charge in [0.15, 0.2) is 0 Å². The fourth-order valence-electron chi connectivity index (χ4n) is 2.98. The van der Waals surface area contributed by atoms with E-state index < -0.39 is 22.6 Å². The van der Waals surface area contributed by atoms with Crippen LogP contribution in [-0.2, 0) is 16.4 Å². The summed E-state index contributed by atoms with van der Waals surface area (Å²) in [7, 11) is -4.05. The number of para-hydroxylation sites is 1. The summed E-state index contributed by atoms with van der Waals surface area (Å²) in [4.78, 5) is 0.726. The molecule has 1 N–H and O–H groups in total. The Morgan fingerprint density at radius 1 is 0.968 bits per heavy atom. The van der Waals surface area contributed by atoms with E-state index in [4.69, 9.17) is 0 Å². The van der Waals surface area contributed by atoms with E-state index in [1.165, 1.54) is 16.0 Å². The monoisotopic (exact) mass is 463 g/mol. The van der Waals surface area contributed by atoms with Crippen LogP contribution in [-0.4, -0.2) is 24.4 Å². The number of anilines is 1. The molecular weight excluding hydrogens is 447 g/mol. The van der Waals surface area contributed by atoms with E-state index in [-0.39, 0.29) is 16.3 Å². The van der Waals surface area contributed by atoms with Crippen molar-refractivity contribution in [3.8, 4) is 16.3 Å². The van der Waals surface area contributed by atoms with Gasteiger partial charge in [0.25, 0.3) is 10.0 Å². The summed E-state index contributed by atoms with van der Waals surface area (Å²) >= 11 is 1.47. The Labute approximate surface area is 180 Å². The van der Waals surface area contributed by atoms with E-state index in [9.17, 15) is 21.6 Å². The van der Waals surface area contributed by atoms with Gasteiger partial charge < -0.3 is 0 Å². The Morgan fingerprint density at radius 2 is 1.68 bits per heavy atom. The normalized spacial score (nSPS) is 12.1. The van der Waals surface area contributed by atoms with Gasteiger partial charge >= 0.3 is 6.18 Å². The fourth-order valence-corrected chi connectivity index (χ4v) is 4.69. The SMILES string of the molecule is O=S(=O)(Nc1cc(-c2cccs2)nn1-c1ccccc1)c1ccc(CC(F)(F)F)cc1. The molecule has 0 fully saturated rings. The van der Waals surface area contributed by atoms with Gasteiger partial charge in [-0.1, -0.05) is 36.4 Å². The third-order valence-corrected chi connectivity index (χ3v) is 6.62. The van der Waals surface area contributed by atoms with Crippen molar-refractivity contribution >= 4 is 27.2 Å². The van der Waals surface area contributed by atoms with E-state index in [0.29, 0.717) is 11.4 Å². The maximum Gasteiger partial charge on any atom is 0.393 e. The lowest BCUT2D eigenvalue weighted by Gasteiger charge is -2.11. The van der Waals surface area contributed by atoms with Gasteiger partial charge in [0, 0.05) is 6.07 Å². The van der Waals surface area contributed by atoms with Crippen LogP contribution in [0.15, 0.2) is 83.1 Å². The molecule has 4 aromatic rings. The number of alkyl halides is 3. The molecule has 0 amide bonds. The lowest BCUT2D eigenvalue weighted by molar-refractivity contribution is -0.127. The first kappa shape index (κ1) is 21.1. The quantitative estimate of drug-likeness (QED) is 0.410. The maximum absolute atomic E-state index is 12.9. The van der Waals surface area contributed by atoms with Crippen LogP contribution >= 0.6 is 11.3 Å². The van der Waals surface area contributed by atoms with Gasteiger partial charge in [-0.25, -0.2) is 13.1 Å². The Balaban J connectivity index is 1.67. The Morgan fingerprint density at radius 3 is 2.29 bits per heavy atom. The van der Waals surface area contributed by atoms with Crippen LogP contribution in [0.2, 0.25) is 0 Å². The van der Waals surface area contributed by atoms with Gasteiger partial charge in [-0.3, -0.25) is 4.72 Å². The largest absolute Gasteiger partial charge is 0.393 e. The zero-order chi connectivity index (χ0) is 22.1. The van der Waals surface area contributed by atoms with Crippen LogP contribution in [0.1, 0.15) is 5.56 Å². The lowest BCUT2D eigenvalue weighted by atomic mass is 10.1. The van der Waals surface area contributed by atoms with E-state index in [1.807, 2.05) is 23.6 Å². The molecule has 0 bridgehead atoms. The lowest BCUT2D eigenvalue weighted by Crippen LogP contribution is -2.16. The van der Waals surface area contributed by atoms with Crippen molar-refractivity contribution in [2.45, 2.75) is 17.5 Å². The molecule has 0 saturated carbocycles. The van der Waals surface area contributed by atoms with E-state index in [0.717, 1.165) is 29.1 Å². The molecule has 0 aliphatic rings. The highest BCUT2D eigenvalue weighted by Crippen LogP contribution is 2.29. The van der Waals surface area contributed by atoms with Gasteiger partial charge in [0.1, 0.15) is 11.5 Å². The first-order valence-corrected chi connectivity index (χ1v) is 11.5. The molecule has 2 aromatic heterocycles. The Bertz CT molecular complexity index is 1270. The molecular formula is C21H16F3N3O2S2. The minimum atomic E-state index is -4.36. The number of nitrogens with zero attached hydrogens (tertiary/aromatic N) is 2. The van der Waals surface area contributed by atoms with Crippen molar-refractivity contribution < 1.29 is 21.6 Å². The van der Waals surface area contributed by atoms with Gasteiger partial charge in [-0.05, 0) is 41.3 Å². The topological polar surface area (TPSA) is 64.0 Å². The van der Waals surface area contributed by atoms with Crippen LogP contribution in [0.5, 0.6) is 0 Å². The van der Waals surface area contributed by atoms with Crippen LogP contribution in [0.4, 0.5) is 19.0 Å².